The van der Waals surface area contributed by atoms with E-state index in [2.05, 4.69) is 10.3 Å². The Labute approximate surface area is 144 Å². The summed E-state index contributed by atoms with van der Waals surface area (Å²) in [5.74, 6) is -0.00607. The average molecular weight is 344 g/mol. The number of anilines is 1. The van der Waals surface area contributed by atoms with Gasteiger partial charge in [-0.05, 0) is 24.3 Å². The first kappa shape index (κ1) is 16.2. The summed E-state index contributed by atoms with van der Waals surface area (Å²) >= 11 is 5.92. The Bertz CT molecular complexity index is 798. The van der Waals surface area contributed by atoms with E-state index in [1.807, 2.05) is 6.07 Å². The molecule has 0 saturated carbocycles. The Balaban J connectivity index is 1.75. The van der Waals surface area contributed by atoms with Crippen molar-refractivity contribution < 1.29 is 14.3 Å². The number of pyridine rings is 1. The second-order valence-electron chi connectivity index (χ2n) is 5.24. The molecule has 0 radical (unpaired) electrons. The van der Waals surface area contributed by atoms with Gasteiger partial charge >= 0.3 is 0 Å². The van der Waals surface area contributed by atoms with Gasteiger partial charge in [-0.3, -0.25) is 4.79 Å². The quantitative estimate of drug-likeness (QED) is 0.922. The van der Waals surface area contributed by atoms with Crippen molar-refractivity contribution in [2.24, 2.45) is 0 Å². The first-order valence-corrected chi connectivity index (χ1v) is 7.75. The maximum atomic E-state index is 12.4. The molecule has 0 spiro atoms. The number of nitriles is 1. The van der Waals surface area contributed by atoms with Gasteiger partial charge in [-0.25, -0.2) is 4.98 Å². The predicted octanol–water partition coefficient (Wildman–Crippen LogP) is 3.03. The van der Waals surface area contributed by atoms with Gasteiger partial charge in [0, 0.05) is 29.3 Å². The molecule has 1 aliphatic heterocycles. The zero-order valence-corrected chi connectivity index (χ0v) is 13.4. The summed E-state index contributed by atoms with van der Waals surface area (Å²) in [6, 6.07) is 9.83. The summed E-state index contributed by atoms with van der Waals surface area (Å²) in [5, 5.41) is 12.2. The molecule has 0 aliphatic carbocycles. The number of ether oxygens (including phenoxy) is 2. The molecule has 2 heterocycles. The molecule has 1 fully saturated rings. The van der Waals surface area contributed by atoms with E-state index in [-0.39, 0.29) is 12.0 Å². The van der Waals surface area contributed by atoms with Crippen molar-refractivity contribution in [2.45, 2.75) is 12.5 Å². The van der Waals surface area contributed by atoms with Crippen LogP contribution in [0.2, 0.25) is 5.02 Å². The zero-order chi connectivity index (χ0) is 16.9. The van der Waals surface area contributed by atoms with Gasteiger partial charge in [-0.1, -0.05) is 11.6 Å². The van der Waals surface area contributed by atoms with Gasteiger partial charge in [0.25, 0.3) is 5.91 Å². The predicted molar refractivity (Wildman–Crippen MR) is 88.2 cm³/mol. The molecule has 1 aromatic heterocycles. The topological polar surface area (TPSA) is 84.2 Å². The third kappa shape index (κ3) is 3.82. The van der Waals surface area contributed by atoms with Crippen molar-refractivity contribution in [3.05, 3.63) is 52.7 Å². The molecule has 122 valence electrons. The molecule has 0 bridgehead atoms. The largest absolute Gasteiger partial charge is 0.472 e. The van der Waals surface area contributed by atoms with E-state index in [0.29, 0.717) is 40.9 Å². The lowest BCUT2D eigenvalue weighted by Crippen LogP contribution is -2.17. The van der Waals surface area contributed by atoms with Crippen molar-refractivity contribution in [3.63, 3.8) is 0 Å². The SMILES string of the molecule is N#Cc1ccc(Cl)cc1NC(=O)c1ccnc(OC2CCOC2)c1. The van der Waals surface area contributed by atoms with E-state index in [0.717, 1.165) is 6.42 Å². The first-order valence-electron chi connectivity index (χ1n) is 7.37. The summed E-state index contributed by atoms with van der Waals surface area (Å²) in [4.78, 5) is 16.5. The summed E-state index contributed by atoms with van der Waals surface area (Å²) in [6.45, 7) is 1.18. The minimum absolute atomic E-state index is 0.0473. The summed E-state index contributed by atoms with van der Waals surface area (Å²) in [7, 11) is 0. The second-order valence-corrected chi connectivity index (χ2v) is 5.68. The number of halogens is 1. The summed E-state index contributed by atoms with van der Waals surface area (Å²) in [6.07, 6.45) is 2.25. The molecular weight excluding hydrogens is 330 g/mol. The molecule has 24 heavy (non-hydrogen) atoms. The molecule has 1 saturated heterocycles. The maximum Gasteiger partial charge on any atom is 0.255 e. The van der Waals surface area contributed by atoms with E-state index in [1.165, 1.54) is 12.3 Å². The highest BCUT2D eigenvalue weighted by Crippen LogP contribution is 2.22. The molecule has 1 N–H and O–H groups in total. The van der Waals surface area contributed by atoms with E-state index in [9.17, 15) is 4.79 Å². The van der Waals surface area contributed by atoms with Gasteiger partial charge < -0.3 is 14.8 Å². The van der Waals surface area contributed by atoms with Crippen molar-refractivity contribution >= 4 is 23.2 Å². The Morgan fingerprint density at radius 3 is 3.04 bits per heavy atom. The fraction of sp³-hybridized carbons (Fsp3) is 0.235. The van der Waals surface area contributed by atoms with Gasteiger partial charge in [0.15, 0.2) is 0 Å². The third-order valence-electron chi connectivity index (χ3n) is 3.52. The Hall–Kier alpha value is -2.62. The normalized spacial score (nSPS) is 16.4. The molecule has 6 nitrogen and oxygen atoms in total. The number of nitrogens with zero attached hydrogens (tertiary/aromatic N) is 2. The molecule has 2 aromatic rings. The van der Waals surface area contributed by atoms with Crippen LogP contribution in [0.5, 0.6) is 5.88 Å². The van der Waals surface area contributed by atoms with Crippen LogP contribution in [0.4, 0.5) is 5.69 Å². The lowest BCUT2D eigenvalue weighted by molar-refractivity contribution is 0.102. The molecule has 1 aromatic carbocycles. The van der Waals surface area contributed by atoms with Crippen LogP contribution in [0.3, 0.4) is 0 Å². The number of hydrogen-bond acceptors (Lipinski definition) is 5. The number of benzene rings is 1. The summed E-state index contributed by atoms with van der Waals surface area (Å²) < 4.78 is 10.9. The molecule has 1 amide bonds. The van der Waals surface area contributed by atoms with Crippen LogP contribution in [0, 0.1) is 11.3 Å². The minimum atomic E-state index is -0.372. The molecule has 7 heteroatoms. The highest BCUT2D eigenvalue weighted by atomic mass is 35.5. The molecule has 1 unspecified atom stereocenters. The number of nitrogens with one attached hydrogen (secondary N) is 1. The van der Waals surface area contributed by atoms with Gasteiger partial charge in [-0.2, -0.15) is 5.26 Å². The lowest BCUT2D eigenvalue weighted by atomic mass is 10.1. The van der Waals surface area contributed by atoms with Crippen LogP contribution in [-0.2, 0) is 4.74 Å². The molecule has 3 rings (SSSR count). The van der Waals surface area contributed by atoms with E-state index >= 15 is 0 Å². The number of amides is 1. The van der Waals surface area contributed by atoms with Crippen LogP contribution in [-0.4, -0.2) is 30.2 Å². The molecule has 1 atom stereocenters. The van der Waals surface area contributed by atoms with Crippen LogP contribution >= 0.6 is 11.6 Å². The fourth-order valence-electron chi connectivity index (χ4n) is 2.30. The van der Waals surface area contributed by atoms with Crippen molar-refractivity contribution in [1.29, 1.82) is 5.26 Å². The van der Waals surface area contributed by atoms with Crippen LogP contribution < -0.4 is 10.1 Å². The van der Waals surface area contributed by atoms with Crippen LogP contribution in [0.15, 0.2) is 36.5 Å². The third-order valence-corrected chi connectivity index (χ3v) is 3.76. The van der Waals surface area contributed by atoms with Gasteiger partial charge in [0.1, 0.15) is 12.2 Å². The Morgan fingerprint density at radius 1 is 1.42 bits per heavy atom. The maximum absolute atomic E-state index is 12.4. The fourth-order valence-corrected chi connectivity index (χ4v) is 2.48. The number of hydrogen-bond donors (Lipinski definition) is 1. The van der Waals surface area contributed by atoms with Crippen LogP contribution in [0.1, 0.15) is 22.3 Å². The van der Waals surface area contributed by atoms with Gasteiger partial charge in [0.2, 0.25) is 5.88 Å². The minimum Gasteiger partial charge on any atom is -0.472 e. The van der Waals surface area contributed by atoms with E-state index in [4.69, 9.17) is 26.3 Å². The smallest absolute Gasteiger partial charge is 0.255 e. The van der Waals surface area contributed by atoms with Crippen molar-refractivity contribution in [1.82, 2.24) is 4.98 Å². The van der Waals surface area contributed by atoms with Crippen molar-refractivity contribution in [2.75, 3.05) is 18.5 Å². The van der Waals surface area contributed by atoms with Gasteiger partial charge in [0.05, 0.1) is 24.5 Å². The average Bonchev–Trinajstić information content (AvgIpc) is 3.08. The highest BCUT2D eigenvalue weighted by molar-refractivity contribution is 6.31. The molecular formula is C17H14ClN3O3. The Kier molecular flexibility index (Phi) is 4.94. The Morgan fingerprint density at radius 2 is 2.29 bits per heavy atom. The summed E-state index contributed by atoms with van der Waals surface area (Å²) in [5.41, 5.74) is 1.07. The second kappa shape index (κ2) is 7.30. The van der Waals surface area contributed by atoms with Gasteiger partial charge in [-0.15, -0.1) is 0 Å². The molecule has 1 aliphatic rings. The van der Waals surface area contributed by atoms with Crippen LogP contribution in [0.25, 0.3) is 0 Å². The van der Waals surface area contributed by atoms with E-state index in [1.54, 1.807) is 24.3 Å². The van der Waals surface area contributed by atoms with E-state index < -0.39 is 0 Å². The number of carbonyl (C=O) groups excluding carboxylic acids is 1. The first-order chi connectivity index (χ1) is 11.7. The number of rotatable bonds is 4. The zero-order valence-electron chi connectivity index (χ0n) is 12.7. The van der Waals surface area contributed by atoms with Crippen molar-refractivity contribution in [3.8, 4) is 11.9 Å². The standard InChI is InChI=1S/C17H14ClN3O3/c18-13-2-1-12(9-19)15(8-13)21-17(22)11-3-5-20-16(7-11)24-14-4-6-23-10-14/h1-3,5,7-8,14H,4,6,10H2,(H,21,22). The highest BCUT2D eigenvalue weighted by Gasteiger charge is 2.18. The monoisotopic (exact) mass is 343 g/mol. The number of carbonyl (C=O) groups is 1. The number of aromatic nitrogens is 1. The lowest BCUT2D eigenvalue weighted by Gasteiger charge is -2.12.